The van der Waals surface area contributed by atoms with Crippen LogP contribution in [0.1, 0.15) is 49.6 Å². The zero-order chi connectivity index (χ0) is 22.5. The molecule has 0 bridgehead atoms. The molecule has 0 spiro atoms. The molecule has 1 aromatic carbocycles. The minimum absolute atomic E-state index is 0.194. The van der Waals surface area contributed by atoms with E-state index in [2.05, 4.69) is 15.6 Å². The Kier molecular flexibility index (Phi) is 6.70. The van der Waals surface area contributed by atoms with Gasteiger partial charge in [0.25, 0.3) is 11.8 Å². The molecule has 0 fully saturated rings. The van der Waals surface area contributed by atoms with Gasteiger partial charge in [0, 0.05) is 23.8 Å². The average Bonchev–Trinajstić information content (AvgIpc) is 3.20. The highest BCUT2D eigenvalue weighted by molar-refractivity contribution is 7.17. The Morgan fingerprint density at radius 1 is 1.06 bits per heavy atom. The lowest BCUT2D eigenvalue weighted by molar-refractivity contribution is 0.0951. The topological polar surface area (TPSA) is 89.6 Å². The number of benzene rings is 1. The summed E-state index contributed by atoms with van der Waals surface area (Å²) in [6, 6.07) is 8.95. The van der Waals surface area contributed by atoms with Crippen molar-refractivity contribution in [1.29, 1.82) is 0 Å². The van der Waals surface area contributed by atoms with Crippen molar-refractivity contribution < 1.29 is 19.1 Å². The average molecular weight is 452 g/mol. The number of thiophene rings is 1. The van der Waals surface area contributed by atoms with Crippen molar-refractivity contribution in [2.45, 2.75) is 32.2 Å². The molecular formula is C24H25N3O4S. The molecule has 0 saturated heterocycles. The Balaban J connectivity index is 1.56. The zero-order valence-corrected chi connectivity index (χ0v) is 18.9. The molecular weight excluding hydrogens is 426 g/mol. The maximum Gasteiger partial charge on any atom is 0.257 e. The monoisotopic (exact) mass is 451 g/mol. The molecule has 2 aromatic heterocycles. The predicted molar refractivity (Wildman–Crippen MR) is 124 cm³/mol. The molecule has 8 heteroatoms. The third kappa shape index (κ3) is 4.60. The molecule has 1 aliphatic carbocycles. The number of anilines is 1. The van der Waals surface area contributed by atoms with Crippen LogP contribution in [0.15, 0.2) is 42.7 Å². The van der Waals surface area contributed by atoms with E-state index in [1.54, 1.807) is 32.5 Å². The fourth-order valence-corrected chi connectivity index (χ4v) is 5.11. The third-order valence-corrected chi connectivity index (χ3v) is 6.66. The fraction of sp³-hybridized carbons (Fsp3) is 0.292. The van der Waals surface area contributed by atoms with Gasteiger partial charge in [-0.25, -0.2) is 0 Å². The van der Waals surface area contributed by atoms with Crippen LogP contribution in [0.25, 0.3) is 0 Å². The van der Waals surface area contributed by atoms with Gasteiger partial charge in [0.05, 0.1) is 25.3 Å². The highest BCUT2D eigenvalue weighted by Crippen LogP contribution is 2.38. The number of hydrogen-bond acceptors (Lipinski definition) is 6. The van der Waals surface area contributed by atoms with E-state index in [4.69, 9.17) is 9.47 Å². The smallest absolute Gasteiger partial charge is 0.257 e. The second-order valence-corrected chi connectivity index (χ2v) is 8.59. The van der Waals surface area contributed by atoms with E-state index >= 15 is 0 Å². The molecule has 3 aromatic rings. The Morgan fingerprint density at radius 2 is 1.88 bits per heavy atom. The van der Waals surface area contributed by atoms with Crippen LogP contribution in [0.2, 0.25) is 0 Å². The lowest BCUT2D eigenvalue weighted by Crippen LogP contribution is -2.25. The van der Waals surface area contributed by atoms with Gasteiger partial charge in [0.2, 0.25) is 0 Å². The zero-order valence-electron chi connectivity index (χ0n) is 18.1. The molecule has 0 unspecified atom stereocenters. The largest absolute Gasteiger partial charge is 0.493 e. The number of carbonyl (C=O) groups excluding carboxylic acids is 2. The van der Waals surface area contributed by atoms with E-state index in [-0.39, 0.29) is 11.8 Å². The van der Waals surface area contributed by atoms with Gasteiger partial charge in [-0.3, -0.25) is 14.6 Å². The maximum atomic E-state index is 13.2. The number of amides is 2. The predicted octanol–water partition coefficient (Wildman–Crippen LogP) is 4.22. The molecule has 2 amide bonds. The number of nitrogens with one attached hydrogen (secondary N) is 2. The number of hydrogen-bond donors (Lipinski definition) is 2. The minimum atomic E-state index is -0.273. The number of rotatable bonds is 7. The first-order chi connectivity index (χ1) is 15.6. The molecule has 0 saturated carbocycles. The quantitative estimate of drug-likeness (QED) is 0.561. The summed E-state index contributed by atoms with van der Waals surface area (Å²) in [6.45, 7) is 0.333. The van der Waals surface area contributed by atoms with Crippen LogP contribution in [0.4, 0.5) is 5.00 Å². The van der Waals surface area contributed by atoms with E-state index < -0.39 is 0 Å². The van der Waals surface area contributed by atoms with Crippen LogP contribution in [0.3, 0.4) is 0 Å². The van der Waals surface area contributed by atoms with Crippen molar-refractivity contribution in [3.05, 3.63) is 69.9 Å². The SMILES string of the molecule is COc1ccc(CNC(=O)c2c(NC(=O)c3cccnc3)sc3c2CCCC3)cc1OC. The van der Waals surface area contributed by atoms with Gasteiger partial charge < -0.3 is 20.1 Å². The van der Waals surface area contributed by atoms with Crippen molar-refractivity contribution in [3.63, 3.8) is 0 Å². The summed E-state index contributed by atoms with van der Waals surface area (Å²) >= 11 is 1.50. The van der Waals surface area contributed by atoms with E-state index in [1.165, 1.54) is 22.4 Å². The highest BCUT2D eigenvalue weighted by Gasteiger charge is 2.26. The second-order valence-electron chi connectivity index (χ2n) is 7.48. The first kappa shape index (κ1) is 21.8. The molecule has 4 rings (SSSR count). The second kappa shape index (κ2) is 9.82. The van der Waals surface area contributed by atoms with Gasteiger partial charge in [-0.15, -0.1) is 11.3 Å². The normalized spacial score (nSPS) is 12.6. The molecule has 0 atom stereocenters. The number of aryl methyl sites for hydroxylation is 1. The summed E-state index contributed by atoms with van der Waals surface area (Å²) in [5, 5.41) is 6.53. The number of ether oxygens (including phenoxy) is 2. The van der Waals surface area contributed by atoms with Crippen LogP contribution in [0, 0.1) is 0 Å². The van der Waals surface area contributed by atoms with Crippen molar-refractivity contribution in [2.24, 2.45) is 0 Å². The van der Waals surface area contributed by atoms with Crippen molar-refractivity contribution >= 4 is 28.2 Å². The Bertz CT molecular complexity index is 1130. The van der Waals surface area contributed by atoms with Gasteiger partial charge in [-0.2, -0.15) is 0 Å². The summed E-state index contributed by atoms with van der Waals surface area (Å²) in [5.74, 6) is 0.776. The fourth-order valence-electron chi connectivity index (χ4n) is 3.83. The van der Waals surface area contributed by atoms with Crippen molar-refractivity contribution in [3.8, 4) is 11.5 Å². The number of carbonyl (C=O) groups is 2. The van der Waals surface area contributed by atoms with Crippen LogP contribution in [0.5, 0.6) is 11.5 Å². The van der Waals surface area contributed by atoms with Gasteiger partial charge in [0.1, 0.15) is 5.00 Å². The summed E-state index contributed by atoms with van der Waals surface area (Å²) < 4.78 is 10.6. The first-order valence-electron chi connectivity index (χ1n) is 10.5. The molecule has 2 N–H and O–H groups in total. The first-order valence-corrected chi connectivity index (χ1v) is 11.3. The highest BCUT2D eigenvalue weighted by atomic mass is 32.1. The Labute approximate surface area is 190 Å². The summed E-state index contributed by atoms with van der Waals surface area (Å²) in [7, 11) is 3.16. The molecule has 2 heterocycles. The van der Waals surface area contributed by atoms with Gasteiger partial charge in [-0.1, -0.05) is 6.07 Å². The molecule has 0 aliphatic heterocycles. The number of fused-ring (bicyclic) bond motifs is 1. The van der Waals surface area contributed by atoms with Gasteiger partial charge in [-0.05, 0) is 61.1 Å². The van der Waals surface area contributed by atoms with Crippen LogP contribution >= 0.6 is 11.3 Å². The maximum absolute atomic E-state index is 13.2. The number of pyridine rings is 1. The summed E-state index contributed by atoms with van der Waals surface area (Å²) in [6.07, 6.45) is 7.03. The lowest BCUT2D eigenvalue weighted by atomic mass is 9.95. The lowest BCUT2D eigenvalue weighted by Gasteiger charge is -2.14. The standard InChI is InChI=1S/C24H25N3O4S/c1-30-18-10-9-15(12-19(18)31-2)13-26-23(29)21-17-7-3-4-8-20(17)32-24(21)27-22(28)16-6-5-11-25-14-16/h5-6,9-12,14H,3-4,7-8,13H2,1-2H3,(H,26,29)(H,27,28). The minimum Gasteiger partial charge on any atom is -0.493 e. The van der Waals surface area contributed by atoms with Gasteiger partial charge >= 0.3 is 0 Å². The third-order valence-electron chi connectivity index (χ3n) is 5.45. The van der Waals surface area contributed by atoms with Crippen LogP contribution in [-0.2, 0) is 19.4 Å². The van der Waals surface area contributed by atoms with E-state index in [9.17, 15) is 9.59 Å². The van der Waals surface area contributed by atoms with E-state index in [0.29, 0.717) is 34.2 Å². The number of methoxy groups -OCH3 is 2. The molecule has 166 valence electrons. The van der Waals surface area contributed by atoms with E-state index in [1.807, 2.05) is 18.2 Å². The van der Waals surface area contributed by atoms with Crippen LogP contribution in [-0.4, -0.2) is 31.0 Å². The molecule has 0 radical (unpaired) electrons. The van der Waals surface area contributed by atoms with Crippen molar-refractivity contribution in [2.75, 3.05) is 19.5 Å². The summed E-state index contributed by atoms with van der Waals surface area (Å²) in [5.41, 5.74) is 2.96. The number of aromatic nitrogens is 1. The Hall–Kier alpha value is -3.39. The Morgan fingerprint density at radius 3 is 2.62 bits per heavy atom. The van der Waals surface area contributed by atoms with Gasteiger partial charge in [0.15, 0.2) is 11.5 Å². The van der Waals surface area contributed by atoms with E-state index in [0.717, 1.165) is 36.8 Å². The summed E-state index contributed by atoms with van der Waals surface area (Å²) in [4.78, 5) is 31.1. The van der Waals surface area contributed by atoms with Crippen molar-refractivity contribution in [1.82, 2.24) is 10.3 Å². The molecule has 7 nitrogen and oxygen atoms in total. The molecule has 1 aliphatic rings. The number of nitrogens with zero attached hydrogens (tertiary/aromatic N) is 1. The molecule has 32 heavy (non-hydrogen) atoms. The van der Waals surface area contributed by atoms with Crippen LogP contribution < -0.4 is 20.1 Å².